The molecule has 0 saturated heterocycles. The maximum Gasteiger partial charge on any atom is 0.0445 e. The summed E-state index contributed by atoms with van der Waals surface area (Å²) in [4.78, 5) is 8.52. The molecular weight excluding hydrogens is 344 g/mol. The van der Waals surface area contributed by atoms with Crippen molar-refractivity contribution in [1.29, 1.82) is 0 Å². The van der Waals surface area contributed by atoms with Crippen LogP contribution in [0.5, 0.6) is 0 Å². The second kappa shape index (κ2) is 6.50. The summed E-state index contributed by atoms with van der Waals surface area (Å²) in [5.74, 6) is 0. The Bertz CT molecular complexity index is 759. The van der Waals surface area contributed by atoms with E-state index in [-0.39, 0.29) is 0 Å². The topological polar surface area (TPSA) is 0 Å². The SMILES string of the molecule is c1csc(-c2ccc(CCc3ccc(-c4cccs4)s3)s2)c1. The van der Waals surface area contributed by atoms with E-state index < -0.39 is 0 Å². The van der Waals surface area contributed by atoms with Gasteiger partial charge in [0.25, 0.3) is 0 Å². The van der Waals surface area contributed by atoms with Crippen molar-refractivity contribution in [3.05, 3.63) is 69.0 Å². The van der Waals surface area contributed by atoms with Crippen LogP contribution in [-0.4, -0.2) is 0 Å². The highest BCUT2D eigenvalue weighted by Gasteiger charge is 2.07. The van der Waals surface area contributed by atoms with Gasteiger partial charge >= 0.3 is 0 Å². The summed E-state index contributed by atoms with van der Waals surface area (Å²) in [6.45, 7) is 0. The maximum atomic E-state index is 2.29. The molecule has 4 aromatic heterocycles. The van der Waals surface area contributed by atoms with Crippen LogP contribution in [0.1, 0.15) is 9.75 Å². The summed E-state index contributed by atoms with van der Waals surface area (Å²) in [6.07, 6.45) is 2.28. The number of aryl methyl sites for hydroxylation is 2. The quantitative estimate of drug-likeness (QED) is 0.358. The van der Waals surface area contributed by atoms with Crippen LogP contribution in [0, 0.1) is 0 Å². The van der Waals surface area contributed by atoms with Crippen LogP contribution in [0.4, 0.5) is 0 Å². The van der Waals surface area contributed by atoms with Crippen molar-refractivity contribution in [1.82, 2.24) is 0 Å². The van der Waals surface area contributed by atoms with Gasteiger partial charge in [0.15, 0.2) is 0 Å². The third-order valence-electron chi connectivity index (χ3n) is 3.47. The van der Waals surface area contributed by atoms with E-state index in [9.17, 15) is 0 Å². The largest absolute Gasteiger partial charge is 0.143 e. The number of hydrogen-bond donors (Lipinski definition) is 0. The van der Waals surface area contributed by atoms with Crippen LogP contribution in [0.2, 0.25) is 0 Å². The third-order valence-corrected chi connectivity index (χ3v) is 7.89. The first-order valence-corrected chi connectivity index (χ1v) is 10.5. The van der Waals surface area contributed by atoms with Crippen LogP contribution >= 0.6 is 45.3 Å². The van der Waals surface area contributed by atoms with Crippen LogP contribution < -0.4 is 0 Å². The zero-order valence-corrected chi connectivity index (χ0v) is 15.1. The number of hydrogen-bond acceptors (Lipinski definition) is 4. The molecule has 0 nitrogen and oxygen atoms in total. The van der Waals surface area contributed by atoms with Gasteiger partial charge in [0.1, 0.15) is 0 Å². The second-order valence-corrected chi connectivity index (χ2v) is 9.22. The van der Waals surface area contributed by atoms with Crippen molar-refractivity contribution >= 4 is 45.3 Å². The fourth-order valence-electron chi connectivity index (χ4n) is 2.37. The standard InChI is InChI=1S/C18H14S4/c1-3-15(19-11-1)17-9-7-13(21-17)5-6-14-8-10-18(22-14)16-4-2-12-20-16/h1-4,7-12H,5-6H2. The lowest BCUT2D eigenvalue weighted by atomic mass is 10.2. The van der Waals surface area contributed by atoms with Gasteiger partial charge < -0.3 is 0 Å². The molecule has 0 saturated carbocycles. The highest BCUT2D eigenvalue weighted by Crippen LogP contribution is 2.34. The predicted octanol–water partition coefficient (Wildman–Crippen LogP) is 7.05. The van der Waals surface area contributed by atoms with Gasteiger partial charge in [0.05, 0.1) is 0 Å². The highest BCUT2D eigenvalue weighted by atomic mass is 32.1. The molecular formula is C18H14S4. The predicted molar refractivity (Wildman–Crippen MR) is 103 cm³/mol. The molecule has 0 fully saturated rings. The van der Waals surface area contributed by atoms with E-state index in [4.69, 9.17) is 0 Å². The average Bonchev–Trinajstić information content (AvgIpc) is 3.33. The molecule has 0 spiro atoms. The van der Waals surface area contributed by atoms with E-state index in [0.717, 1.165) is 12.8 Å². The van der Waals surface area contributed by atoms with Crippen molar-refractivity contribution in [3.63, 3.8) is 0 Å². The van der Waals surface area contributed by atoms with Gasteiger partial charge in [-0.3, -0.25) is 0 Å². The fraction of sp³-hybridized carbons (Fsp3) is 0.111. The highest BCUT2D eigenvalue weighted by molar-refractivity contribution is 7.22. The molecule has 0 atom stereocenters. The molecule has 4 rings (SSSR count). The monoisotopic (exact) mass is 358 g/mol. The lowest BCUT2D eigenvalue weighted by Gasteiger charge is -1.95. The van der Waals surface area contributed by atoms with Gasteiger partial charge in [0, 0.05) is 29.3 Å². The van der Waals surface area contributed by atoms with Gasteiger partial charge in [0.2, 0.25) is 0 Å². The Kier molecular flexibility index (Phi) is 4.26. The Morgan fingerprint density at radius 1 is 0.545 bits per heavy atom. The molecule has 0 unspecified atom stereocenters. The maximum absolute atomic E-state index is 2.29. The molecule has 4 aromatic rings. The summed E-state index contributed by atoms with van der Waals surface area (Å²) in [7, 11) is 0. The normalized spacial score (nSPS) is 11.1. The molecule has 0 aliphatic carbocycles. The molecule has 4 heterocycles. The molecule has 0 aliphatic heterocycles. The van der Waals surface area contributed by atoms with Gasteiger partial charge in [-0.1, -0.05) is 12.1 Å². The molecule has 0 aliphatic rings. The fourth-order valence-corrected chi connectivity index (χ4v) is 6.06. The molecule has 0 N–H and O–H groups in total. The van der Waals surface area contributed by atoms with Crippen molar-refractivity contribution in [2.24, 2.45) is 0 Å². The molecule has 0 bridgehead atoms. The zero-order valence-electron chi connectivity index (χ0n) is 11.8. The molecule has 0 amide bonds. The van der Waals surface area contributed by atoms with Gasteiger partial charge in [-0.05, 0) is 60.0 Å². The molecule has 0 radical (unpaired) electrons. The third kappa shape index (κ3) is 3.10. The minimum absolute atomic E-state index is 1.14. The first-order valence-electron chi connectivity index (χ1n) is 7.14. The van der Waals surface area contributed by atoms with Gasteiger partial charge in [-0.15, -0.1) is 45.3 Å². The zero-order chi connectivity index (χ0) is 14.8. The van der Waals surface area contributed by atoms with Crippen LogP contribution in [0.25, 0.3) is 19.5 Å². The molecule has 110 valence electrons. The Morgan fingerprint density at radius 3 is 1.45 bits per heavy atom. The molecule has 22 heavy (non-hydrogen) atoms. The van der Waals surface area contributed by atoms with Gasteiger partial charge in [-0.25, -0.2) is 0 Å². The first-order chi connectivity index (χ1) is 10.9. The van der Waals surface area contributed by atoms with E-state index in [1.165, 1.54) is 29.3 Å². The van der Waals surface area contributed by atoms with Crippen molar-refractivity contribution < 1.29 is 0 Å². The average molecular weight is 359 g/mol. The summed E-state index contributed by atoms with van der Waals surface area (Å²) in [5.41, 5.74) is 0. The lowest BCUT2D eigenvalue weighted by molar-refractivity contribution is 1.00. The van der Waals surface area contributed by atoms with E-state index in [1.54, 1.807) is 0 Å². The van der Waals surface area contributed by atoms with E-state index in [1.807, 2.05) is 45.3 Å². The lowest BCUT2D eigenvalue weighted by Crippen LogP contribution is -1.83. The second-order valence-electron chi connectivity index (χ2n) is 4.99. The summed E-state index contributed by atoms with van der Waals surface area (Å²) < 4.78 is 0. The molecule has 0 aromatic carbocycles. The van der Waals surface area contributed by atoms with Crippen molar-refractivity contribution in [3.8, 4) is 19.5 Å². The Balaban J connectivity index is 1.43. The summed E-state index contributed by atoms with van der Waals surface area (Å²) >= 11 is 7.50. The summed E-state index contributed by atoms with van der Waals surface area (Å²) in [5, 5.41) is 4.29. The Morgan fingerprint density at radius 2 is 1.05 bits per heavy atom. The van der Waals surface area contributed by atoms with Crippen molar-refractivity contribution in [2.45, 2.75) is 12.8 Å². The smallest absolute Gasteiger partial charge is 0.0445 e. The van der Waals surface area contributed by atoms with Crippen LogP contribution in [-0.2, 0) is 12.8 Å². The number of rotatable bonds is 5. The van der Waals surface area contributed by atoms with E-state index in [2.05, 4.69) is 59.3 Å². The van der Waals surface area contributed by atoms with Crippen LogP contribution in [0.3, 0.4) is 0 Å². The minimum atomic E-state index is 1.14. The Labute approximate surface area is 146 Å². The van der Waals surface area contributed by atoms with Gasteiger partial charge in [-0.2, -0.15) is 0 Å². The minimum Gasteiger partial charge on any atom is -0.143 e. The van der Waals surface area contributed by atoms with Crippen molar-refractivity contribution in [2.75, 3.05) is 0 Å². The first kappa shape index (κ1) is 14.4. The number of thiophene rings is 4. The van der Waals surface area contributed by atoms with E-state index >= 15 is 0 Å². The summed E-state index contributed by atoms with van der Waals surface area (Å²) in [6, 6.07) is 17.7. The van der Waals surface area contributed by atoms with E-state index in [0.29, 0.717) is 0 Å². The Hall–Kier alpha value is -1.20. The molecule has 4 heteroatoms. The van der Waals surface area contributed by atoms with Crippen LogP contribution in [0.15, 0.2) is 59.3 Å².